The summed E-state index contributed by atoms with van der Waals surface area (Å²) in [4.78, 5) is 8.27. The van der Waals surface area contributed by atoms with E-state index in [-0.39, 0.29) is 0 Å². The standard InChI is InChI=1S/C15H12N6S/c1-2-21-14(12-5-7-17-8-6-12)19-20-15(21)22-13-4-3-11(9-16)10-18-13/h3-8,10H,2H2,1H3. The van der Waals surface area contributed by atoms with Gasteiger partial charge in [-0.05, 0) is 43.0 Å². The van der Waals surface area contributed by atoms with Crippen molar-refractivity contribution in [2.75, 3.05) is 0 Å². The molecule has 0 saturated heterocycles. The minimum absolute atomic E-state index is 0.541. The molecule has 7 heteroatoms. The molecule has 3 aromatic heterocycles. The van der Waals surface area contributed by atoms with Gasteiger partial charge in [0.05, 0.1) is 5.56 Å². The quantitative estimate of drug-likeness (QED) is 0.737. The number of rotatable bonds is 4. The zero-order valence-corrected chi connectivity index (χ0v) is 12.7. The van der Waals surface area contributed by atoms with Gasteiger partial charge >= 0.3 is 0 Å². The van der Waals surface area contributed by atoms with E-state index in [0.717, 1.165) is 28.1 Å². The Bertz CT molecular complexity index is 804. The fraction of sp³-hybridized carbons (Fsp3) is 0.133. The lowest BCUT2D eigenvalue weighted by Gasteiger charge is -2.06. The Kier molecular flexibility index (Phi) is 4.12. The van der Waals surface area contributed by atoms with Crippen molar-refractivity contribution in [2.45, 2.75) is 23.7 Å². The number of nitriles is 1. The Labute approximate surface area is 131 Å². The molecule has 0 amide bonds. The van der Waals surface area contributed by atoms with Gasteiger partial charge in [-0.3, -0.25) is 4.98 Å². The number of aromatic nitrogens is 5. The van der Waals surface area contributed by atoms with Gasteiger partial charge in [0, 0.05) is 30.7 Å². The van der Waals surface area contributed by atoms with E-state index < -0.39 is 0 Å². The first kappa shape index (κ1) is 14.2. The Morgan fingerprint density at radius 2 is 2.00 bits per heavy atom. The maximum atomic E-state index is 8.80. The largest absolute Gasteiger partial charge is 0.302 e. The van der Waals surface area contributed by atoms with Crippen molar-refractivity contribution in [2.24, 2.45) is 0 Å². The summed E-state index contributed by atoms with van der Waals surface area (Å²) in [6.07, 6.45) is 5.02. The molecule has 0 saturated carbocycles. The van der Waals surface area contributed by atoms with Crippen LogP contribution in [0, 0.1) is 11.3 Å². The van der Waals surface area contributed by atoms with Gasteiger partial charge in [0.25, 0.3) is 0 Å². The number of hydrogen-bond donors (Lipinski definition) is 0. The second-order valence-electron chi connectivity index (χ2n) is 4.39. The SMILES string of the molecule is CCn1c(Sc2ccc(C#N)cn2)nnc1-c1ccncc1. The highest BCUT2D eigenvalue weighted by Gasteiger charge is 2.14. The lowest BCUT2D eigenvalue weighted by Crippen LogP contribution is -1.99. The van der Waals surface area contributed by atoms with Crippen LogP contribution in [0.1, 0.15) is 12.5 Å². The lowest BCUT2D eigenvalue weighted by atomic mass is 10.2. The molecular weight excluding hydrogens is 296 g/mol. The van der Waals surface area contributed by atoms with Crippen LogP contribution in [0.15, 0.2) is 53.0 Å². The van der Waals surface area contributed by atoms with Gasteiger partial charge < -0.3 is 4.57 Å². The molecule has 0 fully saturated rings. The Morgan fingerprint density at radius 3 is 2.64 bits per heavy atom. The number of hydrogen-bond acceptors (Lipinski definition) is 6. The number of pyridine rings is 2. The van der Waals surface area contributed by atoms with E-state index in [9.17, 15) is 0 Å². The fourth-order valence-corrected chi connectivity index (χ4v) is 2.80. The van der Waals surface area contributed by atoms with Gasteiger partial charge in [0.2, 0.25) is 0 Å². The van der Waals surface area contributed by atoms with Crippen LogP contribution in [-0.4, -0.2) is 24.7 Å². The molecular formula is C15H12N6S. The van der Waals surface area contributed by atoms with Crippen LogP contribution in [0.3, 0.4) is 0 Å². The highest BCUT2D eigenvalue weighted by atomic mass is 32.2. The predicted molar refractivity (Wildman–Crippen MR) is 82.0 cm³/mol. The van der Waals surface area contributed by atoms with E-state index in [2.05, 4.69) is 26.2 Å². The molecule has 0 aliphatic heterocycles. The molecule has 0 atom stereocenters. The first-order chi connectivity index (χ1) is 10.8. The zero-order chi connectivity index (χ0) is 15.4. The average molecular weight is 308 g/mol. The van der Waals surface area contributed by atoms with E-state index in [4.69, 9.17) is 5.26 Å². The molecule has 3 rings (SSSR count). The van der Waals surface area contributed by atoms with Crippen molar-refractivity contribution in [1.82, 2.24) is 24.7 Å². The molecule has 6 nitrogen and oxygen atoms in total. The van der Waals surface area contributed by atoms with Gasteiger partial charge in [0.15, 0.2) is 11.0 Å². The summed E-state index contributed by atoms with van der Waals surface area (Å²) in [6.45, 7) is 2.80. The van der Waals surface area contributed by atoms with E-state index in [1.54, 1.807) is 24.7 Å². The molecule has 108 valence electrons. The molecule has 0 aromatic carbocycles. The lowest BCUT2D eigenvalue weighted by molar-refractivity contribution is 0.686. The van der Waals surface area contributed by atoms with Gasteiger partial charge in [-0.2, -0.15) is 5.26 Å². The highest BCUT2D eigenvalue weighted by molar-refractivity contribution is 7.99. The van der Waals surface area contributed by atoms with Crippen LogP contribution in [0.5, 0.6) is 0 Å². The highest BCUT2D eigenvalue weighted by Crippen LogP contribution is 2.28. The van der Waals surface area contributed by atoms with E-state index >= 15 is 0 Å². The van der Waals surface area contributed by atoms with Gasteiger partial charge in [-0.15, -0.1) is 10.2 Å². The summed E-state index contributed by atoms with van der Waals surface area (Å²) in [5, 5.41) is 18.9. The summed E-state index contributed by atoms with van der Waals surface area (Å²) in [7, 11) is 0. The van der Waals surface area contributed by atoms with Crippen LogP contribution in [0.4, 0.5) is 0 Å². The summed E-state index contributed by atoms with van der Waals surface area (Å²) >= 11 is 1.43. The molecule has 0 unspecified atom stereocenters. The first-order valence-electron chi connectivity index (χ1n) is 6.69. The van der Waals surface area contributed by atoms with Crippen LogP contribution in [0.2, 0.25) is 0 Å². The fourth-order valence-electron chi connectivity index (χ4n) is 1.96. The molecule has 3 aromatic rings. The molecule has 0 bridgehead atoms. The minimum Gasteiger partial charge on any atom is -0.302 e. The van der Waals surface area contributed by atoms with Crippen molar-refractivity contribution < 1.29 is 0 Å². The van der Waals surface area contributed by atoms with Crippen molar-refractivity contribution in [3.63, 3.8) is 0 Å². The average Bonchev–Trinajstić information content (AvgIpc) is 2.99. The Balaban J connectivity index is 1.91. The summed E-state index contributed by atoms with van der Waals surface area (Å²) in [6, 6.07) is 9.42. The molecule has 0 spiro atoms. The Hall–Kier alpha value is -2.72. The van der Waals surface area contributed by atoms with Crippen LogP contribution < -0.4 is 0 Å². The van der Waals surface area contributed by atoms with Crippen molar-refractivity contribution in [3.05, 3.63) is 48.4 Å². The first-order valence-corrected chi connectivity index (χ1v) is 7.51. The van der Waals surface area contributed by atoms with E-state index in [1.165, 1.54) is 11.8 Å². The van der Waals surface area contributed by atoms with Crippen LogP contribution in [-0.2, 0) is 6.54 Å². The second-order valence-corrected chi connectivity index (χ2v) is 5.37. The zero-order valence-electron chi connectivity index (χ0n) is 11.8. The maximum Gasteiger partial charge on any atom is 0.197 e. The molecule has 0 aliphatic rings. The van der Waals surface area contributed by atoms with Gasteiger partial charge in [-0.25, -0.2) is 4.98 Å². The topological polar surface area (TPSA) is 80.3 Å². The van der Waals surface area contributed by atoms with Crippen molar-refractivity contribution in [3.8, 4) is 17.5 Å². The smallest absolute Gasteiger partial charge is 0.197 e. The molecule has 0 radical (unpaired) electrons. The third-order valence-electron chi connectivity index (χ3n) is 3.03. The molecule has 0 aliphatic carbocycles. The van der Waals surface area contributed by atoms with E-state index in [1.807, 2.05) is 29.7 Å². The van der Waals surface area contributed by atoms with Crippen molar-refractivity contribution in [1.29, 1.82) is 5.26 Å². The molecule has 0 N–H and O–H groups in total. The minimum atomic E-state index is 0.541. The van der Waals surface area contributed by atoms with E-state index in [0.29, 0.717) is 5.56 Å². The summed E-state index contributed by atoms with van der Waals surface area (Å²) in [5.41, 5.74) is 1.52. The summed E-state index contributed by atoms with van der Waals surface area (Å²) in [5.74, 6) is 0.807. The predicted octanol–water partition coefficient (Wildman–Crippen LogP) is 2.78. The van der Waals surface area contributed by atoms with Crippen LogP contribution in [0.25, 0.3) is 11.4 Å². The van der Waals surface area contributed by atoms with Crippen LogP contribution >= 0.6 is 11.8 Å². The Morgan fingerprint density at radius 1 is 1.18 bits per heavy atom. The molecule has 3 heterocycles. The van der Waals surface area contributed by atoms with Crippen molar-refractivity contribution >= 4 is 11.8 Å². The van der Waals surface area contributed by atoms with Gasteiger partial charge in [-0.1, -0.05) is 0 Å². The summed E-state index contributed by atoms with van der Waals surface area (Å²) < 4.78 is 2.03. The normalized spacial score (nSPS) is 10.4. The number of nitrogens with zero attached hydrogens (tertiary/aromatic N) is 6. The molecule has 22 heavy (non-hydrogen) atoms. The second kappa shape index (κ2) is 6.37. The monoisotopic (exact) mass is 308 g/mol. The van der Waals surface area contributed by atoms with Gasteiger partial charge in [0.1, 0.15) is 11.1 Å². The maximum absolute atomic E-state index is 8.80. The third-order valence-corrected chi connectivity index (χ3v) is 3.97. The third kappa shape index (κ3) is 2.82.